The van der Waals surface area contributed by atoms with E-state index >= 15 is 0 Å². The number of benzene rings is 1. The van der Waals surface area contributed by atoms with Crippen molar-refractivity contribution in [3.8, 4) is 0 Å². The third-order valence-corrected chi connectivity index (χ3v) is 5.32. The number of sulfonamides is 1. The molecule has 0 spiro atoms. The van der Waals surface area contributed by atoms with Gasteiger partial charge in [0.15, 0.2) is 0 Å². The zero-order chi connectivity index (χ0) is 15.3. The average molecular weight is 348 g/mol. The highest BCUT2D eigenvalue weighted by Crippen LogP contribution is 2.13. The topological polar surface area (TPSA) is 69.7 Å². The lowest BCUT2D eigenvalue weighted by molar-refractivity contribution is -0.131. The van der Waals surface area contributed by atoms with Gasteiger partial charge in [0.2, 0.25) is 15.9 Å². The predicted octanol–water partition coefficient (Wildman–Crippen LogP) is 0.551. The second kappa shape index (κ2) is 8.47. The van der Waals surface area contributed by atoms with Gasteiger partial charge >= 0.3 is 0 Å². The van der Waals surface area contributed by atoms with Crippen LogP contribution in [0.1, 0.15) is 6.42 Å². The summed E-state index contributed by atoms with van der Waals surface area (Å²) in [6.07, 6.45) is 0.890. The summed E-state index contributed by atoms with van der Waals surface area (Å²) in [5.41, 5.74) is 0. The molecule has 6 nitrogen and oxygen atoms in total. The van der Waals surface area contributed by atoms with Crippen LogP contribution in [0.25, 0.3) is 0 Å². The molecule has 1 N–H and O–H groups in total. The maximum atomic E-state index is 12.4. The number of nitrogens with zero attached hydrogens (tertiary/aromatic N) is 2. The lowest BCUT2D eigenvalue weighted by atomic mass is 10.4. The quantitative estimate of drug-likeness (QED) is 0.863. The van der Waals surface area contributed by atoms with Crippen LogP contribution >= 0.6 is 12.4 Å². The van der Waals surface area contributed by atoms with Crippen molar-refractivity contribution in [2.45, 2.75) is 11.3 Å². The first-order valence-electron chi connectivity index (χ1n) is 7.02. The van der Waals surface area contributed by atoms with Crippen LogP contribution in [0, 0.1) is 0 Å². The van der Waals surface area contributed by atoms with Crippen LogP contribution < -0.4 is 5.32 Å². The Morgan fingerprint density at radius 3 is 2.59 bits per heavy atom. The van der Waals surface area contributed by atoms with E-state index in [1.54, 1.807) is 23.1 Å². The van der Waals surface area contributed by atoms with E-state index in [-0.39, 0.29) is 29.8 Å². The number of hydrogen-bond acceptors (Lipinski definition) is 4. The fourth-order valence-electron chi connectivity index (χ4n) is 2.24. The Balaban J connectivity index is 0.00000242. The first-order chi connectivity index (χ1) is 10.0. The molecule has 0 bridgehead atoms. The molecule has 0 aliphatic carbocycles. The van der Waals surface area contributed by atoms with Crippen molar-refractivity contribution in [3.05, 3.63) is 30.3 Å². The lowest BCUT2D eigenvalue weighted by Crippen LogP contribution is -2.42. The number of likely N-dealkylation sites (N-methyl/N-ethyl adjacent to an activating group) is 1. The Labute approximate surface area is 137 Å². The van der Waals surface area contributed by atoms with Gasteiger partial charge in [-0.15, -0.1) is 12.4 Å². The Morgan fingerprint density at radius 2 is 1.91 bits per heavy atom. The van der Waals surface area contributed by atoms with Crippen LogP contribution in [-0.4, -0.2) is 63.3 Å². The third kappa shape index (κ3) is 4.67. The average Bonchev–Trinajstić information content (AvgIpc) is 2.77. The van der Waals surface area contributed by atoms with Crippen molar-refractivity contribution in [1.82, 2.24) is 14.5 Å². The molecule has 0 unspecified atom stereocenters. The van der Waals surface area contributed by atoms with Gasteiger partial charge in [0.25, 0.3) is 0 Å². The van der Waals surface area contributed by atoms with E-state index in [1.165, 1.54) is 19.2 Å². The maximum Gasteiger partial charge on any atom is 0.243 e. The number of hydrogen-bond donors (Lipinski definition) is 1. The predicted molar refractivity (Wildman–Crippen MR) is 87.6 cm³/mol. The molecule has 1 aliphatic heterocycles. The van der Waals surface area contributed by atoms with Gasteiger partial charge in [0.05, 0.1) is 11.4 Å². The SMILES string of the molecule is CN(CC(=O)N1CCCNCC1)S(=O)(=O)c1ccccc1.Cl. The molecule has 0 atom stereocenters. The molecular weight excluding hydrogens is 326 g/mol. The second-order valence-corrected chi connectivity index (χ2v) is 7.10. The molecule has 0 aromatic heterocycles. The summed E-state index contributed by atoms with van der Waals surface area (Å²) in [6, 6.07) is 8.17. The first kappa shape index (κ1) is 18.9. The van der Waals surface area contributed by atoms with Gasteiger partial charge in [-0.3, -0.25) is 4.79 Å². The summed E-state index contributed by atoms with van der Waals surface area (Å²) in [4.78, 5) is 14.2. The number of amides is 1. The highest BCUT2D eigenvalue weighted by molar-refractivity contribution is 7.89. The number of nitrogens with one attached hydrogen (secondary N) is 1. The number of halogens is 1. The van der Waals surface area contributed by atoms with E-state index < -0.39 is 10.0 Å². The van der Waals surface area contributed by atoms with Crippen molar-refractivity contribution in [3.63, 3.8) is 0 Å². The molecule has 0 radical (unpaired) electrons. The van der Waals surface area contributed by atoms with Gasteiger partial charge in [-0.2, -0.15) is 4.31 Å². The number of carbonyl (C=O) groups is 1. The molecule has 1 aromatic carbocycles. The van der Waals surface area contributed by atoms with Gasteiger partial charge in [0.1, 0.15) is 0 Å². The van der Waals surface area contributed by atoms with Crippen LogP contribution in [0.2, 0.25) is 0 Å². The standard InChI is InChI=1S/C14H21N3O3S.ClH/c1-16(21(19,20)13-6-3-2-4-7-13)12-14(18)17-10-5-8-15-9-11-17;/h2-4,6-7,15H,5,8-12H2,1H3;1H. The molecule has 1 aliphatic rings. The van der Waals surface area contributed by atoms with Crippen LogP contribution in [0.5, 0.6) is 0 Å². The van der Waals surface area contributed by atoms with Gasteiger partial charge in [-0.1, -0.05) is 18.2 Å². The minimum atomic E-state index is -3.61. The third-order valence-electron chi connectivity index (χ3n) is 3.50. The fourth-order valence-corrected chi connectivity index (χ4v) is 3.38. The molecule has 1 heterocycles. The zero-order valence-corrected chi connectivity index (χ0v) is 14.2. The normalized spacial score (nSPS) is 16.0. The van der Waals surface area contributed by atoms with Crippen LogP contribution in [-0.2, 0) is 14.8 Å². The Bertz CT molecular complexity index is 572. The van der Waals surface area contributed by atoms with Crippen molar-refractivity contribution in [2.75, 3.05) is 39.8 Å². The monoisotopic (exact) mass is 347 g/mol. The van der Waals surface area contributed by atoms with Crippen molar-refractivity contribution in [2.24, 2.45) is 0 Å². The molecule has 2 rings (SSSR count). The molecule has 1 amide bonds. The lowest BCUT2D eigenvalue weighted by Gasteiger charge is -2.23. The molecule has 0 saturated carbocycles. The Hall–Kier alpha value is -1.15. The fraction of sp³-hybridized carbons (Fsp3) is 0.500. The zero-order valence-electron chi connectivity index (χ0n) is 12.6. The van der Waals surface area contributed by atoms with E-state index in [0.717, 1.165) is 23.8 Å². The molecule has 22 heavy (non-hydrogen) atoms. The van der Waals surface area contributed by atoms with Crippen LogP contribution in [0.15, 0.2) is 35.2 Å². The Morgan fingerprint density at radius 1 is 1.23 bits per heavy atom. The molecule has 1 saturated heterocycles. The molecule has 1 aromatic rings. The second-order valence-electron chi connectivity index (χ2n) is 5.06. The molecule has 8 heteroatoms. The van der Waals surface area contributed by atoms with Crippen molar-refractivity contribution < 1.29 is 13.2 Å². The summed E-state index contributed by atoms with van der Waals surface area (Å²) in [6.45, 7) is 2.81. The summed E-state index contributed by atoms with van der Waals surface area (Å²) in [5.74, 6) is -0.152. The first-order valence-corrected chi connectivity index (χ1v) is 8.46. The van der Waals surface area contributed by atoms with Gasteiger partial charge in [-0.05, 0) is 25.1 Å². The smallest absolute Gasteiger partial charge is 0.243 e. The highest BCUT2D eigenvalue weighted by atomic mass is 35.5. The maximum absolute atomic E-state index is 12.4. The number of carbonyl (C=O) groups excluding carboxylic acids is 1. The Kier molecular flexibility index (Phi) is 7.28. The van der Waals surface area contributed by atoms with Crippen LogP contribution in [0.4, 0.5) is 0 Å². The summed E-state index contributed by atoms with van der Waals surface area (Å²) in [5, 5.41) is 3.22. The minimum absolute atomic E-state index is 0. The summed E-state index contributed by atoms with van der Waals surface area (Å²) in [7, 11) is -2.17. The van der Waals surface area contributed by atoms with E-state index in [2.05, 4.69) is 5.32 Å². The summed E-state index contributed by atoms with van der Waals surface area (Å²) >= 11 is 0. The van der Waals surface area contributed by atoms with Crippen molar-refractivity contribution in [1.29, 1.82) is 0 Å². The van der Waals surface area contributed by atoms with E-state index in [9.17, 15) is 13.2 Å². The van der Waals surface area contributed by atoms with Crippen molar-refractivity contribution >= 4 is 28.3 Å². The van der Waals surface area contributed by atoms with E-state index in [1.807, 2.05) is 0 Å². The van der Waals surface area contributed by atoms with Gasteiger partial charge < -0.3 is 10.2 Å². The van der Waals surface area contributed by atoms with E-state index in [4.69, 9.17) is 0 Å². The minimum Gasteiger partial charge on any atom is -0.340 e. The highest BCUT2D eigenvalue weighted by Gasteiger charge is 2.25. The molecule has 124 valence electrons. The van der Waals surface area contributed by atoms with Crippen LogP contribution in [0.3, 0.4) is 0 Å². The van der Waals surface area contributed by atoms with Gasteiger partial charge in [-0.25, -0.2) is 8.42 Å². The molecular formula is C14H22ClN3O3S. The summed E-state index contributed by atoms with van der Waals surface area (Å²) < 4.78 is 25.8. The van der Waals surface area contributed by atoms with E-state index in [0.29, 0.717) is 13.1 Å². The largest absolute Gasteiger partial charge is 0.340 e. The molecule has 1 fully saturated rings. The van der Waals surface area contributed by atoms with Gasteiger partial charge in [0, 0.05) is 26.7 Å². The number of rotatable bonds is 4.